The van der Waals surface area contributed by atoms with Gasteiger partial charge in [-0.1, -0.05) is 11.8 Å². The van der Waals surface area contributed by atoms with E-state index in [2.05, 4.69) is 21.6 Å². The summed E-state index contributed by atoms with van der Waals surface area (Å²) in [5, 5.41) is 21.2. The first-order valence-electron chi connectivity index (χ1n) is 8.63. The van der Waals surface area contributed by atoms with Crippen LogP contribution >= 0.6 is 23.1 Å². The number of hydrogen-bond donors (Lipinski definition) is 1. The van der Waals surface area contributed by atoms with Gasteiger partial charge in [0.15, 0.2) is 0 Å². The van der Waals surface area contributed by atoms with Crippen molar-refractivity contribution < 1.29 is 13.9 Å². The van der Waals surface area contributed by atoms with Crippen LogP contribution in [0.4, 0.5) is 5.00 Å². The van der Waals surface area contributed by atoms with E-state index in [1.165, 1.54) is 16.2 Å². The number of benzene rings is 1. The van der Waals surface area contributed by atoms with Crippen molar-refractivity contribution in [1.29, 1.82) is 5.26 Å². The van der Waals surface area contributed by atoms with Crippen molar-refractivity contribution >= 4 is 34.0 Å². The Labute approximate surface area is 169 Å². The van der Waals surface area contributed by atoms with Crippen molar-refractivity contribution in [3.63, 3.8) is 0 Å². The standard InChI is InChI=1S/C19H16N4O3S2/c1-25-12-7-5-11(6-8-12)17-22-23-19(26-17)27-10-16(24)21-18-14(9-20)13-3-2-4-15(13)28-18/h5-8H,2-4,10H2,1H3,(H,21,24). The Kier molecular flexibility index (Phi) is 5.32. The summed E-state index contributed by atoms with van der Waals surface area (Å²) >= 11 is 2.66. The summed E-state index contributed by atoms with van der Waals surface area (Å²) in [5.41, 5.74) is 2.48. The van der Waals surface area contributed by atoms with E-state index in [9.17, 15) is 10.1 Å². The van der Waals surface area contributed by atoms with Gasteiger partial charge in [0.05, 0.1) is 18.4 Å². The average molecular weight is 412 g/mol. The molecule has 1 aliphatic rings. The Morgan fingerprint density at radius 1 is 1.36 bits per heavy atom. The number of nitriles is 1. The molecular formula is C19H16N4O3S2. The van der Waals surface area contributed by atoms with Gasteiger partial charge in [0, 0.05) is 10.4 Å². The monoisotopic (exact) mass is 412 g/mol. The third-order valence-electron chi connectivity index (χ3n) is 4.36. The number of carbonyl (C=O) groups excluding carboxylic acids is 1. The van der Waals surface area contributed by atoms with Crippen molar-refractivity contribution in [2.24, 2.45) is 0 Å². The van der Waals surface area contributed by atoms with Crippen molar-refractivity contribution in [3.05, 3.63) is 40.3 Å². The fourth-order valence-corrected chi connectivity index (χ4v) is 4.84. The predicted octanol–water partition coefficient (Wildman–Crippen LogP) is 3.90. The molecule has 3 aromatic rings. The number of aromatic nitrogens is 2. The molecular weight excluding hydrogens is 396 g/mol. The zero-order valence-electron chi connectivity index (χ0n) is 15.0. The highest BCUT2D eigenvalue weighted by Crippen LogP contribution is 2.38. The summed E-state index contributed by atoms with van der Waals surface area (Å²) in [6, 6.07) is 9.50. The molecule has 1 N–H and O–H groups in total. The van der Waals surface area contributed by atoms with Crippen LogP contribution in [0.1, 0.15) is 22.4 Å². The molecule has 0 atom stereocenters. The van der Waals surface area contributed by atoms with E-state index in [-0.39, 0.29) is 11.7 Å². The Hall–Kier alpha value is -2.83. The molecule has 0 spiro atoms. The van der Waals surface area contributed by atoms with Gasteiger partial charge in [0.25, 0.3) is 5.22 Å². The second-order valence-electron chi connectivity index (χ2n) is 6.11. The van der Waals surface area contributed by atoms with Crippen molar-refractivity contribution in [3.8, 4) is 23.3 Å². The van der Waals surface area contributed by atoms with Crippen molar-refractivity contribution in [2.75, 3.05) is 18.2 Å². The van der Waals surface area contributed by atoms with Gasteiger partial charge in [-0.3, -0.25) is 4.79 Å². The SMILES string of the molecule is COc1ccc(-c2nnc(SCC(=O)Nc3sc4c(c3C#N)CCC4)o2)cc1. The van der Waals surface area contributed by atoms with Gasteiger partial charge in [-0.15, -0.1) is 21.5 Å². The summed E-state index contributed by atoms with van der Waals surface area (Å²) in [5.74, 6) is 1.04. The van der Waals surface area contributed by atoms with Crippen LogP contribution in [0.5, 0.6) is 5.75 Å². The zero-order chi connectivity index (χ0) is 19.5. The number of hydrogen-bond acceptors (Lipinski definition) is 8. The van der Waals surface area contributed by atoms with Gasteiger partial charge in [0.1, 0.15) is 16.8 Å². The number of nitrogens with zero attached hydrogens (tertiary/aromatic N) is 3. The summed E-state index contributed by atoms with van der Waals surface area (Å²) in [6.45, 7) is 0. The maximum absolute atomic E-state index is 12.3. The minimum Gasteiger partial charge on any atom is -0.497 e. The van der Waals surface area contributed by atoms with E-state index < -0.39 is 0 Å². The Balaban J connectivity index is 1.37. The summed E-state index contributed by atoms with van der Waals surface area (Å²) in [4.78, 5) is 13.5. The molecule has 7 nitrogen and oxygen atoms in total. The first-order valence-corrected chi connectivity index (χ1v) is 10.4. The molecule has 0 fully saturated rings. The zero-order valence-corrected chi connectivity index (χ0v) is 16.7. The normalized spacial score (nSPS) is 12.4. The third kappa shape index (κ3) is 3.74. The first-order chi connectivity index (χ1) is 13.7. The molecule has 9 heteroatoms. The second kappa shape index (κ2) is 8.04. The lowest BCUT2D eigenvalue weighted by atomic mass is 10.1. The molecule has 0 unspecified atom stereocenters. The topological polar surface area (TPSA) is 101 Å². The van der Waals surface area contributed by atoms with Crippen molar-refractivity contribution in [2.45, 2.75) is 24.5 Å². The number of amides is 1. The Morgan fingerprint density at radius 2 is 2.18 bits per heavy atom. The van der Waals surface area contributed by atoms with E-state index in [1.54, 1.807) is 7.11 Å². The summed E-state index contributed by atoms with van der Waals surface area (Å²) < 4.78 is 10.7. The van der Waals surface area contributed by atoms with Gasteiger partial charge >= 0.3 is 0 Å². The molecule has 142 valence electrons. The molecule has 0 bridgehead atoms. The number of ether oxygens (including phenoxy) is 1. The van der Waals surface area contributed by atoms with Crippen LogP contribution in [0.25, 0.3) is 11.5 Å². The molecule has 1 aromatic carbocycles. The van der Waals surface area contributed by atoms with Gasteiger partial charge < -0.3 is 14.5 Å². The molecule has 28 heavy (non-hydrogen) atoms. The van der Waals surface area contributed by atoms with Crippen molar-refractivity contribution in [1.82, 2.24) is 10.2 Å². The predicted molar refractivity (Wildman–Crippen MR) is 107 cm³/mol. The van der Waals surface area contributed by atoms with E-state index in [1.807, 2.05) is 24.3 Å². The van der Waals surface area contributed by atoms with E-state index in [0.29, 0.717) is 21.7 Å². The number of fused-ring (bicyclic) bond motifs is 1. The molecule has 2 heterocycles. The summed E-state index contributed by atoms with van der Waals surface area (Å²) in [7, 11) is 1.60. The Bertz CT molecular complexity index is 1050. The maximum atomic E-state index is 12.3. The molecule has 1 amide bonds. The minimum absolute atomic E-state index is 0.123. The van der Waals surface area contributed by atoms with Crippen LogP contribution in [-0.4, -0.2) is 29.0 Å². The van der Waals surface area contributed by atoms with Crippen LogP contribution in [0.15, 0.2) is 33.9 Å². The number of carbonyl (C=O) groups is 1. The lowest BCUT2D eigenvalue weighted by molar-refractivity contribution is -0.113. The van der Waals surface area contributed by atoms with E-state index >= 15 is 0 Å². The number of thiophene rings is 1. The number of nitrogens with one attached hydrogen (secondary N) is 1. The van der Waals surface area contributed by atoms with Crippen LogP contribution in [0.3, 0.4) is 0 Å². The lowest BCUT2D eigenvalue weighted by Gasteiger charge is -2.02. The smallest absolute Gasteiger partial charge is 0.277 e. The molecule has 0 saturated carbocycles. The number of thioether (sulfide) groups is 1. The highest BCUT2D eigenvalue weighted by Gasteiger charge is 2.23. The largest absolute Gasteiger partial charge is 0.497 e. The fraction of sp³-hybridized carbons (Fsp3) is 0.263. The molecule has 2 aromatic heterocycles. The second-order valence-corrected chi connectivity index (χ2v) is 8.14. The molecule has 0 radical (unpaired) electrons. The number of methoxy groups -OCH3 is 1. The van der Waals surface area contributed by atoms with Crippen LogP contribution < -0.4 is 10.1 Å². The lowest BCUT2D eigenvalue weighted by Crippen LogP contribution is -2.14. The molecule has 4 rings (SSSR count). The minimum atomic E-state index is -0.203. The Morgan fingerprint density at radius 3 is 2.93 bits per heavy atom. The fourth-order valence-electron chi connectivity index (χ4n) is 3.02. The quantitative estimate of drug-likeness (QED) is 0.613. The van der Waals surface area contributed by atoms with Gasteiger partial charge in [-0.05, 0) is 49.1 Å². The number of rotatable bonds is 6. The first kappa shape index (κ1) is 18.5. The van der Waals surface area contributed by atoms with Crippen LogP contribution in [0, 0.1) is 11.3 Å². The summed E-state index contributed by atoms with van der Waals surface area (Å²) in [6.07, 6.45) is 2.97. The number of aryl methyl sites for hydroxylation is 1. The average Bonchev–Trinajstić information content (AvgIpc) is 3.42. The number of anilines is 1. The van der Waals surface area contributed by atoms with E-state index in [4.69, 9.17) is 9.15 Å². The van der Waals surface area contributed by atoms with Crippen LogP contribution in [-0.2, 0) is 17.6 Å². The van der Waals surface area contributed by atoms with E-state index in [0.717, 1.165) is 47.9 Å². The molecule has 0 aliphatic heterocycles. The molecule has 1 aliphatic carbocycles. The van der Waals surface area contributed by atoms with Gasteiger partial charge in [-0.2, -0.15) is 5.26 Å². The van der Waals surface area contributed by atoms with Gasteiger partial charge in [-0.25, -0.2) is 0 Å². The maximum Gasteiger partial charge on any atom is 0.277 e. The third-order valence-corrected chi connectivity index (χ3v) is 6.38. The van der Waals surface area contributed by atoms with Gasteiger partial charge in [0.2, 0.25) is 11.8 Å². The molecule has 0 saturated heterocycles. The highest BCUT2D eigenvalue weighted by atomic mass is 32.2. The highest BCUT2D eigenvalue weighted by molar-refractivity contribution is 7.99. The van der Waals surface area contributed by atoms with Crippen LogP contribution in [0.2, 0.25) is 0 Å².